The second-order valence-corrected chi connectivity index (χ2v) is 6.93. The largest absolute Gasteiger partial charge is 0.448 e. The van der Waals surface area contributed by atoms with E-state index in [-0.39, 0.29) is 24.0 Å². The Hall–Kier alpha value is -2.99. The standard InChI is InChI=1S/C20H15FN2O2S/c1-23(12-13-6-2-3-7-14(13)21)20(24)17-11-10-16(25-17)19-22-15-8-4-5-9-18(15)26-19/h2-11H,12H2,1H3. The number of carbonyl (C=O) groups is 1. The van der Waals surface area contributed by atoms with Gasteiger partial charge in [0.15, 0.2) is 16.5 Å². The van der Waals surface area contributed by atoms with E-state index in [4.69, 9.17) is 4.42 Å². The Kier molecular flexibility index (Phi) is 4.26. The van der Waals surface area contributed by atoms with Gasteiger partial charge in [0.25, 0.3) is 5.91 Å². The third-order valence-electron chi connectivity index (χ3n) is 4.03. The lowest BCUT2D eigenvalue weighted by atomic mass is 10.2. The van der Waals surface area contributed by atoms with Crippen LogP contribution in [0.25, 0.3) is 21.0 Å². The molecule has 0 radical (unpaired) electrons. The zero-order chi connectivity index (χ0) is 18.1. The van der Waals surface area contributed by atoms with Crippen LogP contribution in [0.1, 0.15) is 16.1 Å². The van der Waals surface area contributed by atoms with Gasteiger partial charge in [-0.3, -0.25) is 4.79 Å². The molecule has 2 heterocycles. The van der Waals surface area contributed by atoms with Crippen LogP contribution >= 0.6 is 11.3 Å². The normalized spacial score (nSPS) is 11.0. The maximum atomic E-state index is 13.8. The van der Waals surface area contributed by atoms with E-state index in [0.29, 0.717) is 11.3 Å². The molecule has 2 aromatic carbocycles. The van der Waals surface area contributed by atoms with Crippen LogP contribution in [0.15, 0.2) is 65.1 Å². The number of thiazole rings is 1. The lowest BCUT2D eigenvalue weighted by molar-refractivity contribution is 0.0753. The number of nitrogens with zero attached hydrogens (tertiary/aromatic N) is 2. The molecule has 0 spiro atoms. The quantitative estimate of drug-likeness (QED) is 0.512. The van der Waals surface area contributed by atoms with E-state index in [1.54, 1.807) is 37.4 Å². The van der Waals surface area contributed by atoms with Crippen molar-refractivity contribution in [1.82, 2.24) is 9.88 Å². The minimum Gasteiger partial charge on any atom is -0.448 e. The van der Waals surface area contributed by atoms with E-state index in [2.05, 4.69) is 4.98 Å². The topological polar surface area (TPSA) is 46.3 Å². The fraction of sp³-hybridized carbons (Fsp3) is 0.100. The molecule has 0 aliphatic rings. The van der Waals surface area contributed by atoms with Crippen molar-refractivity contribution >= 4 is 27.5 Å². The number of halogens is 1. The summed E-state index contributed by atoms with van der Waals surface area (Å²) in [6, 6.07) is 17.6. The number of hydrogen-bond acceptors (Lipinski definition) is 4. The van der Waals surface area contributed by atoms with E-state index in [9.17, 15) is 9.18 Å². The molecule has 6 heteroatoms. The van der Waals surface area contributed by atoms with Crippen LogP contribution in [0.5, 0.6) is 0 Å². The van der Waals surface area contributed by atoms with Crippen LogP contribution in [0, 0.1) is 5.82 Å². The second-order valence-electron chi connectivity index (χ2n) is 5.90. The Labute approximate surface area is 153 Å². The first-order chi connectivity index (χ1) is 12.6. The fourth-order valence-corrected chi connectivity index (χ4v) is 3.61. The highest BCUT2D eigenvalue weighted by atomic mass is 32.1. The van der Waals surface area contributed by atoms with Crippen LogP contribution in [0.3, 0.4) is 0 Å². The van der Waals surface area contributed by atoms with Gasteiger partial charge >= 0.3 is 0 Å². The molecule has 4 aromatic rings. The molecule has 26 heavy (non-hydrogen) atoms. The number of amides is 1. The van der Waals surface area contributed by atoms with Crippen molar-refractivity contribution in [3.8, 4) is 10.8 Å². The summed E-state index contributed by atoms with van der Waals surface area (Å²) in [5.74, 6) is 0.120. The Morgan fingerprint density at radius 3 is 2.69 bits per heavy atom. The first-order valence-corrected chi connectivity index (χ1v) is 8.88. The van der Waals surface area contributed by atoms with E-state index < -0.39 is 0 Å². The molecule has 0 aliphatic heterocycles. The number of hydrogen-bond donors (Lipinski definition) is 0. The SMILES string of the molecule is CN(Cc1ccccc1F)C(=O)c1ccc(-c2nc3ccccc3s2)o1. The van der Waals surface area contributed by atoms with Crippen molar-refractivity contribution in [1.29, 1.82) is 0 Å². The van der Waals surface area contributed by atoms with Gasteiger partial charge in [0.05, 0.1) is 10.2 Å². The highest BCUT2D eigenvalue weighted by Crippen LogP contribution is 2.31. The average Bonchev–Trinajstić information content (AvgIpc) is 3.29. The van der Waals surface area contributed by atoms with Crippen molar-refractivity contribution in [3.63, 3.8) is 0 Å². The van der Waals surface area contributed by atoms with Crippen molar-refractivity contribution in [3.05, 3.63) is 77.8 Å². The van der Waals surface area contributed by atoms with Crippen LogP contribution in [0.4, 0.5) is 4.39 Å². The summed E-state index contributed by atoms with van der Waals surface area (Å²) >= 11 is 1.51. The number of rotatable bonds is 4. The Morgan fingerprint density at radius 2 is 1.88 bits per heavy atom. The molecule has 0 fully saturated rings. The minimum absolute atomic E-state index is 0.169. The molecular weight excluding hydrogens is 351 g/mol. The molecule has 0 bridgehead atoms. The van der Waals surface area contributed by atoms with Crippen molar-refractivity contribution in [2.75, 3.05) is 7.05 Å². The van der Waals surface area contributed by atoms with Gasteiger partial charge in [0.1, 0.15) is 5.82 Å². The van der Waals surface area contributed by atoms with Gasteiger partial charge in [-0.15, -0.1) is 11.3 Å². The maximum absolute atomic E-state index is 13.8. The van der Waals surface area contributed by atoms with Crippen LogP contribution in [-0.2, 0) is 6.54 Å². The van der Waals surface area contributed by atoms with Gasteiger partial charge < -0.3 is 9.32 Å². The zero-order valence-electron chi connectivity index (χ0n) is 14.0. The first kappa shape index (κ1) is 16.5. The van der Waals surface area contributed by atoms with E-state index in [1.807, 2.05) is 24.3 Å². The molecule has 4 nitrogen and oxygen atoms in total. The lowest BCUT2D eigenvalue weighted by Crippen LogP contribution is -2.26. The summed E-state index contributed by atoms with van der Waals surface area (Å²) in [7, 11) is 1.62. The number of carbonyl (C=O) groups excluding carboxylic acids is 1. The third-order valence-corrected chi connectivity index (χ3v) is 5.08. The molecule has 1 amide bonds. The minimum atomic E-state index is -0.332. The van der Waals surface area contributed by atoms with Gasteiger partial charge in [-0.05, 0) is 30.3 Å². The van der Waals surface area contributed by atoms with Crippen LogP contribution < -0.4 is 0 Å². The van der Waals surface area contributed by atoms with Crippen molar-refractivity contribution in [2.45, 2.75) is 6.54 Å². The van der Waals surface area contributed by atoms with Crippen molar-refractivity contribution in [2.24, 2.45) is 0 Å². The summed E-state index contributed by atoms with van der Waals surface area (Å²) in [6.07, 6.45) is 0. The Morgan fingerprint density at radius 1 is 1.12 bits per heavy atom. The van der Waals surface area contributed by atoms with Gasteiger partial charge in [-0.1, -0.05) is 30.3 Å². The number of aromatic nitrogens is 1. The zero-order valence-corrected chi connectivity index (χ0v) is 14.8. The molecule has 130 valence electrons. The Bertz CT molecular complexity index is 1050. The Balaban J connectivity index is 1.55. The van der Waals surface area contributed by atoms with Gasteiger partial charge in [-0.2, -0.15) is 0 Å². The van der Waals surface area contributed by atoms with E-state index >= 15 is 0 Å². The number of para-hydroxylation sites is 1. The predicted octanol–water partition coefficient (Wildman–Crippen LogP) is 4.97. The monoisotopic (exact) mass is 366 g/mol. The summed E-state index contributed by atoms with van der Waals surface area (Å²) in [4.78, 5) is 18.5. The first-order valence-electron chi connectivity index (χ1n) is 8.06. The predicted molar refractivity (Wildman–Crippen MR) is 99.5 cm³/mol. The number of benzene rings is 2. The maximum Gasteiger partial charge on any atom is 0.289 e. The molecular formula is C20H15FN2O2S. The second kappa shape index (κ2) is 6.72. The fourth-order valence-electron chi connectivity index (χ4n) is 2.69. The molecule has 0 unspecified atom stereocenters. The molecule has 0 aliphatic carbocycles. The third kappa shape index (κ3) is 3.11. The molecule has 2 aromatic heterocycles. The average molecular weight is 366 g/mol. The summed E-state index contributed by atoms with van der Waals surface area (Å²) < 4.78 is 20.5. The van der Waals surface area contributed by atoms with Gasteiger partial charge in [-0.25, -0.2) is 9.37 Å². The number of furan rings is 1. The van der Waals surface area contributed by atoms with E-state index in [1.165, 1.54) is 22.3 Å². The smallest absolute Gasteiger partial charge is 0.289 e. The summed E-state index contributed by atoms with van der Waals surface area (Å²) in [5.41, 5.74) is 1.36. The summed E-state index contributed by atoms with van der Waals surface area (Å²) in [6.45, 7) is 0.169. The summed E-state index contributed by atoms with van der Waals surface area (Å²) in [5, 5.41) is 0.724. The molecule has 0 atom stereocenters. The van der Waals surface area contributed by atoms with Crippen LogP contribution in [-0.4, -0.2) is 22.8 Å². The van der Waals surface area contributed by atoms with Crippen molar-refractivity contribution < 1.29 is 13.6 Å². The number of fused-ring (bicyclic) bond motifs is 1. The van der Waals surface area contributed by atoms with Gasteiger partial charge in [0, 0.05) is 19.2 Å². The molecule has 4 rings (SSSR count). The highest BCUT2D eigenvalue weighted by Gasteiger charge is 2.19. The molecule has 0 N–H and O–H groups in total. The lowest BCUT2D eigenvalue weighted by Gasteiger charge is -2.16. The highest BCUT2D eigenvalue weighted by molar-refractivity contribution is 7.21. The van der Waals surface area contributed by atoms with Crippen LogP contribution in [0.2, 0.25) is 0 Å². The van der Waals surface area contributed by atoms with E-state index in [0.717, 1.165) is 15.2 Å². The van der Waals surface area contributed by atoms with Gasteiger partial charge in [0.2, 0.25) is 0 Å². The molecule has 0 saturated heterocycles. The molecule has 0 saturated carbocycles.